The molecule has 1 amide bonds. The summed E-state index contributed by atoms with van der Waals surface area (Å²) in [6.45, 7) is 0.797. The van der Waals surface area contributed by atoms with Crippen LogP contribution < -0.4 is 4.90 Å². The zero-order valence-electron chi connectivity index (χ0n) is 16.7. The van der Waals surface area contributed by atoms with E-state index in [-0.39, 0.29) is 49.1 Å². The van der Waals surface area contributed by atoms with Crippen LogP contribution in [0.4, 0.5) is 24.5 Å². The number of phenolic OH excluding ortho intramolecular Hbond substituents is 1. The van der Waals surface area contributed by atoms with Gasteiger partial charge in [-0.1, -0.05) is 24.3 Å². The number of aromatic hydroxyl groups is 1. The van der Waals surface area contributed by atoms with Crippen molar-refractivity contribution >= 4 is 28.1 Å². The van der Waals surface area contributed by atoms with E-state index in [1.807, 2.05) is 24.3 Å². The van der Waals surface area contributed by atoms with E-state index in [1.165, 1.54) is 11.0 Å². The van der Waals surface area contributed by atoms with Crippen LogP contribution in [0.3, 0.4) is 0 Å². The topological polar surface area (TPSA) is 86.9 Å². The molecule has 0 saturated carbocycles. The minimum atomic E-state index is -4.68. The van der Waals surface area contributed by atoms with Gasteiger partial charge in [0.1, 0.15) is 11.4 Å². The van der Waals surface area contributed by atoms with Gasteiger partial charge in [0.25, 0.3) is 11.6 Å². The van der Waals surface area contributed by atoms with Gasteiger partial charge in [-0.05, 0) is 35.0 Å². The van der Waals surface area contributed by atoms with E-state index in [9.17, 15) is 33.2 Å². The first-order valence-electron chi connectivity index (χ1n) is 9.77. The number of nitro groups is 1. The number of hydrogen-bond donors (Lipinski definition) is 1. The maximum atomic E-state index is 13.0. The van der Waals surface area contributed by atoms with Crippen LogP contribution in [0.15, 0.2) is 54.6 Å². The Morgan fingerprint density at radius 3 is 2.19 bits per heavy atom. The molecule has 0 atom stereocenters. The fourth-order valence-electron chi connectivity index (χ4n) is 3.83. The lowest BCUT2D eigenvalue weighted by molar-refractivity contribution is -0.384. The summed E-state index contributed by atoms with van der Waals surface area (Å²) in [4.78, 5) is 26.6. The number of fused-ring (bicyclic) bond motifs is 1. The van der Waals surface area contributed by atoms with Gasteiger partial charge in [-0.25, -0.2) is 0 Å². The number of benzene rings is 3. The van der Waals surface area contributed by atoms with Crippen LogP contribution in [0.25, 0.3) is 10.8 Å². The molecular weight excluding hydrogens is 427 g/mol. The number of halogens is 3. The second-order valence-corrected chi connectivity index (χ2v) is 7.45. The summed E-state index contributed by atoms with van der Waals surface area (Å²) < 4.78 is 38.8. The lowest BCUT2D eigenvalue weighted by Crippen LogP contribution is -2.49. The van der Waals surface area contributed by atoms with E-state index in [0.717, 1.165) is 22.9 Å². The number of nitro benzene ring substituents is 1. The van der Waals surface area contributed by atoms with E-state index < -0.39 is 22.4 Å². The van der Waals surface area contributed by atoms with E-state index in [2.05, 4.69) is 0 Å². The Balaban J connectivity index is 1.53. The number of piperazine rings is 1. The minimum absolute atomic E-state index is 0.0728. The fourth-order valence-corrected chi connectivity index (χ4v) is 3.83. The van der Waals surface area contributed by atoms with Gasteiger partial charge in [-0.2, -0.15) is 13.2 Å². The first kappa shape index (κ1) is 21.4. The van der Waals surface area contributed by atoms with Gasteiger partial charge in [0.05, 0.1) is 16.1 Å². The quantitative estimate of drug-likeness (QED) is 0.476. The van der Waals surface area contributed by atoms with Crippen LogP contribution >= 0.6 is 0 Å². The summed E-state index contributed by atoms with van der Waals surface area (Å²) in [6, 6.07) is 12.9. The third-order valence-electron chi connectivity index (χ3n) is 5.50. The van der Waals surface area contributed by atoms with Gasteiger partial charge >= 0.3 is 6.18 Å². The summed E-state index contributed by atoms with van der Waals surface area (Å²) in [5.74, 6) is -0.524. The van der Waals surface area contributed by atoms with E-state index in [4.69, 9.17) is 0 Å². The van der Waals surface area contributed by atoms with E-state index >= 15 is 0 Å². The van der Waals surface area contributed by atoms with Crippen LogP contribution in [-0.2, 0) is 6.18 Å². The second-order valence-electron chi connectivity index (χ2n) is 7.45. The number of alkyl halides is 3. The molecule has 1 heterocycles. The fraction of sp³-hybridized carbons (Fsp3) is 0.227. The van der Waals surface area contributed by atoms with Crippen molar-refractivity contribution in [2.75, 3.05) is 31.1 Å². The van der Waals surface area contributed by atoms with Crippen molar-refractivity contribution in [1.82, 2.24) is 4.90 Å². The smallest absolute Gasteiger partial charge is 0.416 e. The number of anilines is 1. The molecule has 0 aliphatic carbocycles. The molecular formula is C22H18F3N3O4. The van der Waals surface area contributed by atoms with Crippen molar-refractivity contribution in [3.8, 4) is 5.75 Å². The van der Waals surface area contributed by atoms with Gasteiger partial charge in [-0.15, -0.1) is 0 Å². The normalized spacial score (nSPS) is 14.6. The maximum absolute atomic E-state index is 13.0. The van der Waals surface area contributed by atoms with Gasteiger partial charge in [-0.3, -0.25) is 14.9 Å². The summed E-state index contributed by atoms with van der Waals surface area (Å²) in [5.41, 5.74) is -1.50. The lowest BCUT2D eigenvalue weighted by atomic mass is 10.0. The first-order valence-corrected chi connectivity index (χ1v) is 9.77. The summed E-state index contributed by atoms with van der Waals surface area (Å²) in [7, 11) is 0. The van der Waals surface area contributed by atoms with Crippen molar-refractivity contribution in [2.24, 2.45) is 0 Å². The molecule has 1 N–H and O–H groups in total. The van der Waals surface area contributed by atoms with Crippen molar-refractivity contribution in [3.05, 3.63) is 75.8 Å². The molecule has 1 aliphatic rings. The van der Waals surface area contributed by atoms with Crippen molar-refractivity contribution < 1.29 is 28.0 Å². The number of amides is 1. The van der Waals surface area contributed by atoms with Gasteiger partial charge in [0.2, 0.25) is 0 Å². The number of carbonyl (C=O) groups is 1. The van der Waals surface area contributed by atoms with Crippen LogP contribution in [-0.4, -0.2) is 47.0 Å². The number of phenols is 1. The molecule has 32 heavy (non-hydrogen) atoms. The highest BCUT2D eigenvalue weighted by atomic mass is 19.4. The molecule has 0 aromatic heterocycles. The highest BCUT2D eigenvalue weighted by Gasteiger charge is 2.34. The van der Waals surface area contributed by atoms with E-state index in [1.54, 1.807) is 11.0 Å². The Kier molecular flexibility index (Phi) is 5.37. The molecule has 4 rings (SSSR count). The predicted octanol–water partition coefficient (Wildman–Crippen LogP) is 4.43. The third-order valence-corrected chi connectivity index (χ3v) is 5.50. The zero-order chi connectivity index (χ0) is 23.0. The number of nitrogens with zero attached hydrogens (tertiary/aromatic N) is 3. The van der Waals surface area contributed by atoms with E-state index in [0.29, 0.717) is 6.07 Å². The molecule has 166 valence electrons. The van der Waals surface area contributed by atoms with Crippen molar-refractivity contribution in [1.29, 1.82) is 0 Å². The Morgan fingerprint density at radius 1 is 0.969 bits per heavy atom. The summed E-state index contributed by atoms with van der Waals surface area (Å²) in [6.07, 6.45) is -4.68. The number of hydrogen-bond acceptors (Lipinski definition) is 5. The number of rotatable bonds is 3. The molecule has 3 aromatic carbocycles. The molecule has 7 nitrogen and oxygen atoms in total. The van der Waals surface area contributed by atoms with Gasteiger partial charge in [0, 0.05) is 32.2 Å². The zero-order valence-corrected chi connectivity index (χ0v) is 16.7. The third kappa shape index (κ3) is 4.03. The van der Waals surface area contributed by atoms with Crippen molar-refractivity contribution in [2.45, 2.75) is 6.18 Å². The van der Waals surface area contributed by atoms with Crippen LogP contribution in [0.2, 0.25) is 0 Å². The van der Waals surface area contributed by atoms with Gasteiger partial charge < -0.3 is 14.9 Å². The summed E-state index contributed by atoms with van der Waals surface area (Å²) >= 11 is 0. The second kappa shape index (κ2) is 8.03. The maximum Gasteiger partial charge on any atom is 0.416 e. The van der Waals surface area contributed by atoms with Crippen LogP contribution in [0.5, 0.6) is 5.75 Å². The Morgan fingerprint density at radius 2 is 1.59 bits per heavy atom. The Labute approximate surface area is 180 Å². The molecule has 0 unspecified atom stereocenters. The summed E-state index contributed by atoms with van der Waals surface area (Å²) in [5, 5.41) is 23.3. The lowest BCUT2D eigenvalue weighted by Gasteiger charge is -2.36. The molecule has 1 saturated heterocycles. The average Bonchev–Trinajstić information content (AvgIpc) is 2.77. The Bertz CT molecular complexity index is 1200. The average molecular weight is 445 g/mol. The SMILES string of the molecule is O=C(c1cc2ccccc2cc1O)N1CCN(c2ccc(C(F)(F)F)cc2[N+](=O)[O-])CC1. The number of carbonyl (C=O) groups excluding carboxylic acids is 1. The molecule has 0 spiro atoms. The predicted molar refractivity (Wildman–Crippen MR) is 112 cm³/mol. The molecule has 0 bridgehead atoms. The standard InChI is InChI=1S/C22H18F3N3O4/c23-22(24,25)16-5-6-18(19(13-16)28(31)32)26-7-9-27(10-8-26)21(30)17-11-14-3-1-2-4-15(14)12-20(17)29/h1-6,11-13,29H,7-10H2. The first-order chi connectivity index (χ1) is 15.1. The molecule has 1 aliphatic heterocycles. The monoisotopic (exact) mass is 445 g/mol. The largest absolute Gasteiger partial charge is 0.507 e. The van der Waals surface area contributed by atoms with Crippen LogP contribution in [0, 0.1) is 10.1 Å². The van der Waals surface area contributed by atoms with Crippen LogP contribution in [0.1, 0.15) is 15.9 Å². The molecule has 0 radical (unpaired) electrons. The Hall–Kier alpha value is -3.82. The van der Waals surface area contributed by atoms with Crippen molar-refractivity contribution in [3.63, 3.8) is 0 Å². The molecule has 3 aromatic rings. The molecule has 1 fully saturated rings. The van der Waals surface area contributed by atoms with Gasteiger partial charge in [0.15, 0.2) is 0 Å². The highest BCUT2D eigenvalue weighted by Crippen LogP contribution is 2.37. The highest BCUT2D eigenvalue weighted by molar-refractivity contribution is 6.01. The minimum Gasteiger partial charge on any atom is -0.507 e. The molecule has 10 heteroatoms.